The van der Waals surface area contributed by atoms with Gasteiger partial charge in [-0.2, -0.15) is 0 Å². The fourth-order valence-corrected chi connectivity index (χ4v) is 2.61. The minimum atomic E-state index is -0.101. The smallest absolute Gasteiger partial charge is 0.0705 e. The molecule has 0 saturated carbocycles. The van der Waals surface area contributed by atoms with E-state index in [1.807, 2.05) is 12.3 Å². The van der Waals surface area contributed by atoms with E-state index in [9.17, 15) is 5.11 Å². The van der Waals surface area contributed by atoms with Crippen molar-refractivity contribution in [1.82, 2.24) is 9.88 Å². The van der Waals surface area contributed by atoms with Crippen LogP contribution in [0.4, 0.5) is 0 Å². The number of para-hydroxylation sites is 1. The number of fused-ring (bicyclic) bond motifs is 1. The van der Waals surface area contributed by atoms with Crippen LogP contribution in [0.5, 0.6) is 0 Å². The molecule has 3 nitrogen and oxygen atoms in total. The Morgan fingerprint density at radius 1 is 1.17 bits per heavy atom. The van der Waals surface area contributed by atoms with Gasteiger partial charge in [0.2, 0.25) is 0 Å². The van der Waals surface area contributed by atoms with E-state index >= 15 is 0 Å². The van der Waals surface area contributed by atoms with Crippen LogP contribution in [-0.4, -0.2) is 34.2 Å². The number of hydrogen-bond donors (Lipinski definition) is 1. The van der Waals surface area contributed by atoms with Gasteiger partial charge in [0.15, 0.2) is 0 Å². The average Bonchev–Trinajstić information content (AvgIpc) is 2.42. The van der Waals surface area contributed by atoms with Gasteiger partial charge in [-0.05, 0) is 30.5 Å². The van der Waals surface area contributed by atoms with Crippen molar-refractivity contribution >= 4 is 10.9 Å². The van der Waals surface area contributed by atoms with Gasteiger partial charge in [-0.3, -0.25) is 9.88 Å². The van der Waals surface area contributed by atoms with Crippen LogP contribution in [0.15, 0.2) is 36.5 Å². The van der Waals surface area contributed by atoms with Gasteiger partial charge < -0.3 is 5.11 Å². The maximum absolute atomic E-state index is 9.53. The second-order valence-electron chi connectivity index (χ2n) is 4.99. The molecule has 3 heteroatoms. The molecule has 1 aromatic carbocycles. The fourth-order valence-electron chi connectivity index (χ4n) is 2.61. The molecule has 0 bridgehead atoms. The van der Waals surface area contributed by atoms with E-state index in [2.05, 4.69) is 34.1 Å². The summed E-state index contributed by atoms with van der Waals surface area (Å²) in [6, 6.07) is 10.4. The Bertz CT molecular complexity index is 528. The zero-order valence-corrected chi connectivity index (χ0v) is 10.4. The molecule has 3 rings (SSSR count). The molecule has 0 amide bonds. The molecule has 18 heavy (non-hydrogen) atoms. The summed E-state index contributed by atoms with van der Waals surface area (Å²) in [7, 11) is 0. The molecule has 1 saturated heterocycles. The van der Waals surface area contributed by atoms with Crippen molar-refractivity contribution in [2.45, 2.75) is 25.5 Å². The van der Waals surface area contributed by atoms with Gasteiger partial charge in [-0.25, -0.2) is 0 Å². The van der Waals surface area contributed by atoms with E-state index in [0.717, 1.165) is 38.0 Å². The van der Waals surface area contributed by atoms with Gasteiger partial charge in [0, 0.05) is 31.2 Å². The van der Waals surface area contributed by atoms with Crippen LogP contribution in [0.1, 0.15) is 18.4 Å². The zero-order chi connectivity index (χ0) is 12.4. The van der Waals surface area contributed by atoms with Gasteiger partial charge in [0.05, 0.1) is 11.6 Å². The highest BCUT2D eigenvalue weighted by molar-refractivity contribution is 5.81. The summed E-state index contributed by atoms with van der Waals surface area (Å²) in [5.41, 5.74) is 2.39. The molecule has 2 heterocycles. The molecule has 2 aromatic rings. The van der Waals surface area contributed by atoms with Gasteiger partial charge >= 0.3 is 0 Å². The lowest BCUT2D eigenvalue weighted by Crippen LogP contribution is -2.35. The Kier molecular flexibility index (Phi) is 3.26. The Morgan fingerprint density at radius 3 is 2.78 bits per heavy atom. The van der Waals surface area contributed by atoms with Gasteiger partial charge in [-0.1, -0.05) is 18.2 Å². The van der Waals surface area contributed by atoms with Crippen LogP contribution in [0.3, 0.4) is 0 Å². The molecule has 0 spiro atoms. The minimum absolute atomic E-state index is 0.101. The standard InChI is InChI=1S/C15H18N2O/c18-13-6-9-17(10-7-13)11-12-5-8-16-15-4-2-1-3-14(12)15/h1-5,8,13,18H,6-7,9-11H2. The molecule has 1 fully saturated rings. The summed E-state index contributed by atoms with van der Waals surface area (Å²) in [6.07, 6.45) is 3.57. The first-order valence-electron chi connectivity index (χ1n) is 6.56. The molecule has 0 aliphatic carbocycles. The van der Waals surface area contributed by atoms with Crippen LogP contribution >= 0.6 is 0 Å². The van der Waals surface area contributed by atoms with E-state index in [-0.39, 0.29) is 6.10 Å². The first-order valence-corrected chi connectivity index (χ1v) is 6.56. The van der Waals surface area contributed by atoms with Gasteiger partial charge in [0.25, 0.3) is 0 Å². The lowest BCUT2D eigenvalue weighted by atomic mass is 10.1. The van der Waals surface area contributed by atoms with Crippen molar-refractivity contribution in [2.75, 3.05) is 13.1 Å². The third-order valence-corrected chi connectivity index (χ3v) is 3.69. The number of likely N-dealkylation sites (tertiary alicyclic amines) is 1. The Balaban J connectivity index is 1.82. The Labute approximate surface area is 107 Å². The molecule has 1 aliphatic rings. The van der Waals surface area contributed by atoms with Crippen LogP contribution in [0.2, 0.25) is 0 Å². The molecular formula is C15H18N2O. The van der Waals surface area contributed by atoms with Gasteiger partial charge in [-0.15, -0.1) is 0 Å². The van der Waals surface area contributed by atoms with E-state index in [1.165, 1.54) is 10.9 Å². The molecule has 94 valence electrons. The minimum Gasteiger partial charge on any atom is -0.393 e. The predicted octanol–water partition coefficient (Wildman–Crippen LogP) is 2.19. The highest BCUT2D eigenvalue weighted by Gasteiger charge is 2.17. The Hall–Kier alpha value is -1.45. The summed E-state index contributed by atoms with van der Waals surface area (Å²) < 4.78 is 0. The average molecular weight is 242 g/mol. The number of piperidine rings is 1. The molecule has 1 aromatic heterocycles. The Morgan fingerprint density at radius 2 is 1.94 bits per heavy atom. The zero-order valence-electron chi connectivity index (χ0n) is 10.4. The second-order valence-corrected chi connectivity index (χ2v) is 4.99. The van der Waals surface area contributed by atoms with Crippen molar-refractivity contribution in [3.05, 3.63) is 42.1 Å². The van der Waals surface area contributed by atoms with E-state index in [1.54, 1.807) is 0 Å². The number of pyridine rings is 1. The third kappa shape index (κ3) is 2.37. The van der Waals surface area contributed by atoms with Crippen LogP contribution in [-0.2, 0) is 6.54 Å². The lowest BCUT2D eigenvalue weighted by molar-refractivity contribution is 0.0794. The summed E-state index contributed by atoms with van der Waals surface area (Å²) in [6.45, 7) is 2.92. The highest BCUT2D eigenvalue weighted by Crippen LogP contribution is 2.20. The van der Waals surface area contributed by atoms with Crippen LogP contribution in [0.25, 0.3) is 10.9 Å². The molecule has 1 N–H and O–H groups in total. The molecular weight excluding hydrogens is 224 g/mol. The summed E-state index contributed by atoms with van der Waals surface area (Å²) in [5.74, 6) is 0. The lowest BCUT2D eigenvalue weighted by Gasteiger charge is -2.29. The van der Waals surface area contributed by atoms with E-state index in [4.69, 9.17) is 0 Å². The number of hydrogen-bond acceptors (Lipinski definition) is 3. The summed E-state index contributed by atoms with van der Waals surface area (Å²) >= 11 is 0. The number of nitrogens with zero attached hydrogens (tertiary/aromatic N) is 2. The van der Waals surface area contributed by atoms with E-state index in [0.29, 0.717) is 0 Å². The molecule has 0 unspecified atom stereocenters. The van der Waals surface area contributed by atoms with Crippen molar-refractivity contribution < 1.29 is 5.11 Å². The van der Waals surface area contributed by atoms with Crippen molar-refractivity contribution in [2.24, 2.45) is 0 Å². The maximum atomic E-state index is 9.53. The first-order chi connectivity index (χ1) is 8.83. The van der Waals surface area contributed by atoms with Crippen molar-refractivity contribution in [3.63, 3.8) is 0 Å². The molecule has 1 aliphatic heterocycles. The number of aromatic nitrogens is 1. The van der Waals surface area contributed by atoms with Crippen molar-refractivity contribution in [3.8, 4) is 0 Å². The molecule has 0 atom stereocenters. The SMILES string of the molecule is OC1CCN(Cc2ccnc3ccccc23)CC1. The largest absolute Gasteiger partial charge is 0.393 e. The number of aliphatic hydroxyl groups excluding tert-OH is 1. The first kappa shape index (κ1) is 11.6. The second kappa shape index (κ2) is 5.04. The quantitative estimate of drug-likeness (QED) is 0.877. The fraction of sp³-hybridized carbons (Fsp3) is 0.400. The highest BCUT2D eigenvalue weighted by atomic mass is 16.3. The summed E-state index contributed by atoms with van der Waals surface area (Å²) in [5, 5.41) is 10.8. The number of rotatable bonds is 2. The molecule has 0 radical (unpaired) electrons. The maximum Gasteiger partial charge on any atom is 0.0705 e. The third-order valence-electron chi connectivity index (χ3n) is 3.69. The predicted molar refractivity (Wildman–Crippen MR) is 72.3 cm³/mol. The summed E-state index contributed by atoms with van der Waals surface area (Å²) in [4.78, 5) is 6.80. The topological polar surface area (TPSA) is 36.4 Å². The van der Waals surface area contributed by atoms with Gasteiger partial charge in [0.1, 0.15) is 0 Å². The van der Waals surface area contributed by atoms with Crippen molar-refractivity contribution in [1.29, 1.82) is 0 Å². The normalized spacial score (nSPS) is 18.3. The van der Waals surface area contributed by atoms with E-state index < -0.39 is 0 Å². The number of benzene rings is 1. The number of aliphatic hydroxyl groups is 1. The van der Waals surface area contributed by atoms with Crippen LogP contribution < -0.4 is 0 Å². The monoisotopic (exact) mass is 242 g/mol. The van der Waals surface area contributed by atoms with Crippen LogP contribution in [0, 0.1) is 0 Å².